The topological polar surface area (TPSA) is 50.2 Å². The van der Waals surface area contributed by atoms with Crippen molar-refractivity contribution in [1.29, 1.82) is 0 Å². The maximum absolute atomic E-state index is 11.5. The summed E-state index contributed by atoms with van der Waals surface area (Å²) >= 11 is 0. The van der Waals surface area contributed by atoms with Gasteiger partial charge in [-0.3, -0.25) is 4.79 Å². The molecule has 5 aromatic rings. The molecule has 1 radical (unpaired) electrons. The van der Waals surface area contributed by atoms with E-state index in [1.54, 1.807) is 0 Å². The predicted molar refractivity (Wildman–Crippen MR) is 192 cm³/mol. The number of aromatic nitrogens is 1. The first-order chi connectivity index (χ1) is 23.1. The molecule has 0 fully saturated rings. The summed E-state index contributed by atoms with van der Waals surface area (Å²) in [6.45, 7) is 19.9. The van der Waals surface area contributed by atoms with E-state index in [1.165, 1.54) is 17.2 Å². The fourth-order valence-electron chi connectivity index (χ4n) is 4.70. The summed E-state index contributed by atoms with van der Waals surface area (Å²) in [6.07, 6.45) is 3.16. The van der Waals surface area contributed by atoms with Crippen molar-refractivity contribution in [2.45, 2.75) is 81.1 Å². The van der Waals surface area contributed by atoms with Gasteiger partial charge in [0.25, 0.3) is 0 Å². The third kappa shape index (κ3) is 8.81. The quantitative estimate of drug-likeness (QED) is 0.0834. The minimum Gasteiger partial charge on any atom is -0.512 e. The number of allylic oxidation sites excluding steroid dienone is 2. The number of nitrogens with zero attached hydrogens (tertiary/aromatic N) is 1. The Morgan fingerprint density at radius 1 is 0.804 bits per heavy atom. The summed E-state index contributed by atoms with van der Waals surface area (Å²) in [7, 11) is 0. The van der Waals surface area contributed by atoms with E-state index in [0.29, 0.717) is 17.4 Å². The fraction of sp³-hybridized carbons (Fsp3) is 0.333. The fourth-order valence-corrected chi connectivity index (χ4v) is 4.70. The molecule has 1 N–H and O–H groups in total. The zero-order chi connectivity index (χ0) is 37.5. The van der Waals surface area contributed by atoms with E-state index in [9.17, 15) is 9.90 Å². The van der Waals surface area contributed by atoms with Crippen LogP contribution in [0.1, 0.15) is 99.1 Å². The summed E-state index contributed by atoms with van der Waals surface area (Å²) in [4.78, 5) is 16.2. The van der Waals surface area contributed by atoms with E-state index in [4.69, 9.17) is 11.8 Å². The van der Waals surface area contributed by atoms with Gasteiger partial charge in [-0.2, -0.15) is 0 Å². The Bertz CT molecular complexity index is 2070. The molecule has 0 amide bonds. The molecule has 1 heterocycles. The second-order valence-corrected chi connectivity index (χ2v) is 14.2. The van der Waals surface area contributed by atoms with Crippen LogP contribution in [0.5, 0.6) is 0 Å². The van der Waals surface area contributed by atoms with Gasteiger partial charge in [0.1, 0.15) is 5.76 Å². The van der Waals surface area contributed by atoms with Crippen LogP contribution in [0.25, 0.3) is 43.9 Å². The Morgan fingerprint density at radius 2 is 1.46 bits per heavy atom. The Hall–Kier alpha value is -3.59. The van der Waals surface area contributed by atoms with Crippen molar-refractivity contribution in [1.82, 2.24) is 4.98 Å². The normalized spacial score (nSPS) is 13.7. The SMILES string of the molecule is CC(C)(C)C(=O)/C=C(\O)C(C)(C)C.[2H]c1c([2H])c([2H])c(-c2ccc3c(ccc4c(-c5[c-]c(C(C)C)cc(C(C)C)c5)nccc43)c2)c([2H])c1[2H].[Ir]. The Kier molecular flexibility index (Phi) is 9.64. The van der Waals surface area contributed by atoms with Gasteiger partial charge in [0, 0.05) is 43.2 Å². The Morgan fingerprint density at radius 3 is 2.04 bits per heavy atom. The molecule has 0 saturated heterocycles. The number of fused-ring (bicyclic) bond motifs is 3. The smallest absolute Gasteiger partial charge is 0.164 e. The number of ketones is 1. The van der Waals surface area contributed by atoms with Crippen LogP contribution in [0, 0.1) is 16.9 Å². The molecular formula is C42H48IrNO2-. The third-order valence-corrected chi connectivity index (χ3v) is 7.78. The number of hydrogen-bond donors (Lipinski definition) is 1. The van der Waals surface area contributed by atoms with Crippen LogP contribution in [-0.2, 0) is 24.9 Å². The first-order valence-electron chi connectivity index (χ1n) is 18.0. The second kappa shape index (κ2) is 14.9. The monoisotopic (exact) mass is 796 g/mol. The van der Waals surface area contributed by atoms with Crippen LogP contribution in [0.2, 0.25) is 0 Å². The second-order valence-electron chi connectivity index (χ2n) is 14.2. The summed E-state index contributed by atoms with van der Waals surface area (Å²) < 4.78 is 40.6. The van der Waals surface area contributed by atoms with Crippen LogP contribution in [-0.4, -0.2) is 15.9 Å². The average Bonchev–Trinajstić information content (AvgIpc) is 3.05. The van der Waals surface area contributed by atoms with Gasteiger partial charge in [-0.25, -0.2) is 0 Å². The number of benzene rings is 4. The van der Waals surface area contributed by atoms with E-state index in [-0.39, 0.29) is 72.8 Å². The number of aliphatic hydroxyl groups excluding tert-OH is 1. The first kappa shape index (κ1) is 29.8. The van der Waals surface area contributed by atoms with Gasteiger partial charge in [-0.15, -0.1) is 34.9 Å². The molecule has 0 bridgehead atoms. The van der Waals surface area contributed by atoms with Gasteiger partial charge in [-0.05, 0) is 62.3 Å². The van der Waals surface area contributed by atoms with Crippen molar-refractivity contribution in [3.05, 3.63) is 114 Å². The third-order valence-electron chi connectivity index (χ3n) is 7.78. The molecule has 1 aromatic heterocycles. The van der Waals surface area contributed by atoms with Crippen LogP contribution >= 0.6 is 0 Å². The summed E-state index contributed by atoms with van der Waals surface area (Å²) in [5.74, 6) is 0.849. The van der Waals surface area contributed by atoms with Crippen LogP contribution in [0.4, 0.5) is 0 Å². The van der Waals surface area contributed by atoms with Gasteiger partial charge < -0.3 is 10.1 Å². The molecule has 46 heavy (non-hydrogen) atoms. The summed E-state index contributed by atoms with van der Waals surface area (Å²) in [5, 5.41) is 13.6. The minimum absolute atomic E-state index is 0. The summed E-state index contributed by atoms with van der Waals surface area (Å²) in [6, 6.07) is 18.3. The number of aliphatic hydroxyl groups is 1. The van der Waals surface area contributed by atoms with Gasteiger partial charge in [-0.1, -0.05) is 124 Å². The minimum atomic E-state index is -0.417. The van der Waals surface area contributed by atoms with Gasteiger partial charge in [0.2, 0.25) is 0 Å². The molecule has 0 spiro atoms. The van der Waals surface area contributed by atoms with E-state index in [2.05, 4.69) is 52.0 Å². The average molecular weight is 796 g/mol. The largest absolute Gasteiger partial charge is 0.512 e. The number of rotatable bonds is 5. The van der Waals surface area contributed by atoms with E-state index in [0.717, 1.165) is 32.8 Å². The Balaban J connectivity index is 0.000000430. The van der Waals surface area contributed by atoms with E-state index >= 15 is 0 Å². The molecule has 4 aromatic carbocycles. The zero-order valence-corrected chi connectivity index (χ0v) is 31.0. The van der Waals surface area contributed by atoms with Gasteiger partial charge >= 0.3 is 0 Å². The number of pyridine rings is 1. The van der Waals surface area contributed by atoms with Crippen molar-refractivity contribution in [2.75, 3.05) is 0 Å². The van der Waals surface area contributed by atoms with Crippen molar-refractivity contribution >= 4 is 27.3 Å². The molecule has 5 rings (SSSR count). The maximum atomic E-state index is 11.5. The zero-order valence-electron chi connectivity index (χ0n) is 33.6. The number of carbonyl (C=O) groups is 1. The van der Waals surface area contributed by atoms with E-state index in [1.807, 2.05) is 78.1 Å². The predicted octanol–water partition coefficient (Wildman–Crippen LogP) is 11.9. The van der Waals surface area contributed by atoms with Gasteiger partial charge in [0.05, 0.1) is 6.85 Å². The van der Waals surface area contributed by atoms with Crippen molar-refractivity contribution < 1.29 is 36.9 Å². The molecule has 0 aliphatic rings. The maximum Gasteiger partial charge on any atom is 0.164 e. The van der Waals surface area contributed by atoms with E-state index < -0.39 is 5.41 Å². The molecular weight excluding hydrogens is 743 g/mol. The van der Waals surface area contributed by atoms with Gasteiger partial charge in [0.15, 0.2) is 5.78 Å². The van der Waals surface area contributed by atoms with Crippen LogP contribution in [0.3, 0.4) is 0 Å². The van der Waals surface area contributed by atoms with Crippen molar-refractivity contribution in [2.24, 2.45) is 10.8 Å². The molecule has 3 nitrogen and oxygen atoms in total. The first-order valence-corrected chi connectivity index (χ1v) is 15.5. The molecule has 0 atom stereocenters. The molecule has 0 aliphatic carbocycles. The molecule has 0 aliphatic heterocycles. The van der Waals surface area contributed by atoms with Crippen molar-refractivity contribution in [3.8, 4) is 22.4 Å². The molecule has 0 saturated carbocycles. The molecule has 243 valence electrons. The van der Waals surface area contributed by atoms with Crippen molar-refractivity contribution in [3.63, 3.8) is 0 Å². The van der Waals surface area contributed by atoms with Crippen LogP contribution < -0.4 is 0 Å². The number of carbonyl (C=O) groups excluding carboxylic acids is 1. The summed E-state index contributed by atoms with van der Waals surface area (Å²) in [5.41, 5.74) is 4.35. The number of hydrogen-bond acceptors (Lipinski definition) is 3. The Labute approximate surface area is 296 Å². The molecule has 4 heteroatoms. The van der Waals surface area contributed by atoms with Crippen LogP contribution in [0.15, 0.2) is 96.8 Å². The molecule has 0 unspecified atom stereocenters. The standard InChI is InChI=1S/C31H28N.C11H20O2.Ir/c1-20(2)25-17-26(21(3)4)19-27(18-25)31-30-13-11-24-16-23(22-8-6-5-7-9-22)10-12-28(24)29(30)14-15-32-31;1-10(2,3)8(12)7-9(13)11(4,5)6;/h5-18,20-21H,1-4H3;7,12H,1-6H3;/q-1;;/b;8-7-;/i5D,6D,7D,8D,9D;;.